The molecule has 1 aromatic rings. The van der Waals surface area contributed by atoms with Gasteiger partial charge in [0, 0.05) is 19.7 Å². The number of hydrogen-bond acceptors (Lipinski definition) is 4. The van der Waals surface area contributed by atoms with Crippen LogP contribution in [0.4, 0.5) is 5.82 Å². The van der Waals surface area contributed by atoms with Crippen molar-refractivity contribution in [3.05, 3.63) is 21.7 Å². The number of hydrogen-bond donors (Lipinski definition) is 1. The van der Waals surface area contributed by atoms with Crippen LogP contribution in [0.15, 0.2) is 11.1 Å². The summed E-state index contributed by atoms with van der Waals surface area (Å²) < 4.78 is 5.57. The molecule has 0 amide bonds. The van der Waals surface area contributed by atoms with Gasteiger partial charge in [-0.2, -0.15) is 0 Å². The fraction of sp³-hybridized carbons (Fsp3) is 0.636. The van der Waals surface area contributed by atoms with Gasteiger partial charge in [-0.25, -0.2) is 4.98 Å². The van der Waals surface area contributed by atoms with Crippen molar-refractivity contribution in [3.63, 3.8) is 0 Å². The number of anilines is 1. The van der Waals surface area contributed by atoms with Crippen LogP contribution in [0.25, 0.3) is 0 Å². The minimum atomic E-state index is -0.288. The Morgan fingerprint density at radius 2 is 2.29 bits per heavy atom. The van der Waals surface area contributed by atoms with E-state index in [1.807, 2.05) is 11.8 Å². The molecule has 1 saturated heterocycles. The Morgan fingerprint density at radius 3 is 2.94 bits per heavy atom. The average molecular weight is 258 g/mol. The lowest BCUT2D eigenvalue weighted by molar-refractivity contribution is 0.0458. The van der Waals surface area contributed by atoms with Crippen LogP contribution < -0.4 is 10.5 Å². The van der Waals surface area contributed by atoms with Crippen molar-refractivity contribution < 1.29 is 4.74 Å². The first-order valence-electron chi connectivity index (χ1n) is 5.82. The lowest BCUT2D eigenvalue weighted by Gasteiger charge is -2.32. The van der Waals surface area contributed by atoms with E-state index < -0.39 is 0 Å². The summed E-state index contributed by atoms with van der Waals surface area (Å²) in [6, 6.07) is 0. The molecule has 1 fully saturated rings. The average Bonchev–Trinajstić information content (AvgIpc) is 2.34. The summed E-state index contributed by atoms with van der Waals surface area (Å²) in [4.78, 5) is 20.0. The number of rotatable bonds is 3. The molecule has 1 aliphatic heterocycles. The van der Waals surface area contributed by atoms with Crippen molar-refractivity contribution >= 4 is 17.4 Å². The van der Waals surface area contributed by atoms with Crippen LogP contribution in [0.3, 0.4) is 0 Å². The van der Waals surface area contributed by atoms with Crippen LogP contribution >= 0.6 is 11.6 Å². The van der Waals surface area contributed by atoms with E-state index in [-0.39, 0.29) is 10.6 Å². The van der Waals surface area contributed by atoms with Crippen molar-refractivity contribution in [2.24, 2.45) is 0 Å². The lowest BCUT2D eigenvalue weighted by Crippen LogP contribution is -2.38. The maximum absolute atomic E-state index is 11.4. The highest BCUT2D eigenvalue weighted by atomic mass is 35.5. The van der Waals surface area contributed by atoms with Gasteiger partial charge in [0.25, 0.3) is 5.56 Å². The van der Waals surface area contributed by atoms with Gasteiger partial charge in [0.15, 0.2) is 5.82 Å². The fourth-order valence-electron chi connectivity index (χ4n) is 2.06. The summed E-state index contributed by atoms with van der Waals surface area (Å²) in [5.41, 5.74) is -0.288. The van der Waals surface area contributed by atoms with Gasteiger partial charge in [0.05, 0.1) is 12.4 Å². The van der Waals surface area contributed by atoms with Crippen LogP contribution in [0.1, 0.15) is 19.8 Å². The summed E-state index contributed by atoms with van der Waals surface area (Å²) in [6.45, 7) is 4.39. The summed E-state index contributed by atoms with van der Waals surface area (Å²) in [7, 11) is 0. The zero-order chi connectivity index (χ0) is 12.3. The maximum Gasteiger partial charge on any atom is 0.271 e. The minimum absolute atomic E-state index is 0.169. The molecule has 0 aliphatic carbocycles. The van der Waals surface area contributed by atoms with Crippen molar-refractivity contribution in [1.82, 2.24) is 9.97 Å². The second-order valence-electron chi connectivity index (χ2n) is 4.01. The van der Waals surface area contributed by atoms with E-state index in [4.69, 9.17) is 16.3 Å². The van der Waals surface area contributed by atoms with Crippen LogP contribution in [0.2, 0.25) is 5.02 Å². The first-order valence-corrected chi connectivity index (χ1v) is 6.20. The van der Waals surface area contributed by atoms with Gasteiger partial charge in [0.1, 0.15) is 5.02 Å². The Bertz CT molecular complexity index is 427. The smallest absolute Gasteiger partial charge is 0.271 e. The Labute approximate surface area is 105 Å². The molecule has 17 heavy (non-hydrogen) atoms. The van der Waals surface area contributed by atoms with E-state index in [2.05, 4.69) is 9.97 Å². The minimum Gasteiger partial charge on any atom is -0.378 e. The number of halogens is 1. The van der Waals surface area contributed by atoms with E-state index in [9.17, 15) is 4.79 Å². The zero-order valence-electron chi connectivity index (χ0n) is 9.78. The fourth-order valence-corrected chi connectivity index (χ4v) is 2.29. The number of aromatic amines is 1. The number of nitrogens with one attached hydrogen (secondary N) is 1. The van der Waals surface area contributed by atoms with Gasteiger partial charge < -0.3 is 14.6 Å². The quantitative estimate of drug-likeness (QED) is 0.890. The van der Waals surface area contributed by atoms with E-state index >= 15 is 0 Å². The predicted molar refractivity (Wildman–Crippen MR) is 66.7 cm³/mol. The van der Waals surface area contributed by atoms with E-state index in [0.29, 0.717) is 11.9 Å². The van der Waals surface area contributed by atoms with Gasteiger partial charge in [0.2, 0.25) is 0 Å². The van der Waals surface area contributed by atoms with Gasteiger partial charge >= 0.3 is 0 Å². The molecule has 0 saturated carbocycles. The van der Waals surface area contributed by atoms with Crippen molar-refractivity contribution in [2.45, 2.75) is 25.9 Å². The first-order chi connectivity index (χ1) is 8.22. The molecule has 1 N–H and O–H groups in total. The Balaban J connectivity index is 2.05. The van der Waals surface area contributed by atoms with Gasteiger partial charge in [-0.3, -0.25) is 4.79 Å². The van der Waals surface area contributed by atoms with Gasteiger partial charge in [-0.1, -0.05) is 11.6 Å². The molecule has 0 unspecified atom stereocenters. The number of piperidine rings is 1. The number of aromatic nitrogens is 2. The van der Waals surface area contributed by atoms with Crippen LogP contribution in [-0.4, -0.2) is 35.8 Å². The Hall–Kier alpha value is -1.07. The topological polar surface area (TPSA) is 58.2 Å². The first kappa shape index (κ1) is 12.4. The highest BCUT2D eigenvalue weighted by molar-refractivity contribution is 6.32. The monoisotopic (exact) mass is 257 g/mol. The molecule has 0 aromatic carbocycles. The molecule has 1 aromatic heterocycles. The Kier molecular flexibility index (Phi) is 4.02. The van der Waals surface area contributed by atoms with E-state index in [1.165, 1.54) is 6.33 Å². The SMILES string of the molecule is CCOC1CCN(c2nc[nH]c(=O)c2Cl)CC1. The normalized spacial score (nSPS) is 17.4. The summed E-state index contributed by atoms with van der Waals surface area (Å²) >= 11 is 5.94. The highest BCUT2D eigenvalue weighted by Crippen LogP contribution is 2.23. The standard InChI is InChI=1S/C11H16ClN3O2/c1-2-17-8-3-5-15(6-4-8)10-9(12)11(16)14-7-13-10/h7-8H,2-6H2,1H3,(H,13,14,16). The molecule has 0 bridgehead atoms. The molecular formula is C11H16ClN3O2. The molecule has 0 spiro atoms. The largest absolute Gasteiger partial charge is 0.378 e. The Morgan fingerprint density at radius 1 is 1.59 bits per heavy atom. The predicted octanol–water partition coefficient (Wildman–Crippen LogP) is 1.43. The summed E-state index contributed by atoms with van der Waals surface area (Å²) in [5.74, 6) is 0.574. The van der Waals surface area contributed by atoms with Gasteiger partial charge in [-0.05, 0) is 19.8 Å². The molecule has 0 radical (unpaired) electrons. The number of ether oxygens (including phenoxy) is 1. The molecule has 6 heteroatoms. The number of nitrogens with zero attached hydrogens (tertiary/aromatic N) is 2. The molecule has 5 nitrogen and oxygen atoms in total. The van der Waals surface area contributed by atoms with Crippen molar-refractivity contribution in [3.8, 4) is 0 Å². The summed E-state index contributed by atoms with van der Waals surface area (Å²) in [5, 5.41) is 0.169. The van der Waals surface area contributed by atoms with Crippen LogP contribution in [-0.2, 0) is 4.74 Å². The third-order valence-electron chi connectivity index (χ3n) is 2.92. The third-order valence-corrected chi connectivity index (χ3v) is 3.26. The van der Waals surface area contributed by atoms with E-state index in [1.54, 1.807) is 0 Å². The molecule has 0 atom stereocenters. The van der Waals surface area contributed by atoms with Gasteiger partial charge in [-0.15, -0.1) is 0 Å². The van der Waals surface area contributed by atoms with Crippen molar-refractivity contribution in [2.75, 3.05) is 24.6 Å². The highest BCUT2D eigenvalue weighted by Gasteiger charge is 2.22. The molecular weight excluding hydrogens is 242 g/mol. The summed E-state index contributed by atoms with van der Waals surface area (Å²) in [6.07, 6.45) is 3.59. The second-order valence-corrected chi connectivity index (χ2v) is 4.39. The number of H-pyrrole nitrogens is 1. The van der Waals surface area contributed by atoms with Crippen molar-refractivity contribution in [1.29, 1.82) is 0 Å². The molecule has 1 aliphatic rings. The third kappa shape index (κ3) is 2.79. The second kappa shape index (κ2) is 5.51. The molecule has 94 valence electrons. The van der Waals surface area contributed by atoms with E-state index in [0.717, 1.165) is 32.5 Å². The van der Waals surface area contributed by atoms with Crippen LogP contribution in [0.5, 0.6) is 0 Å². The zero-order valence-corrected chi connectivity index (χ0v) is 10.5. The lowest BCUT2D eigenvalue weighted by atomic mass is 10.1. The molecule has 2 rings (SSSR count). The van der Waals surface area contributed by atoms with Crippen LogP contribution in [0, 0.1) is 0 Å². The maximum atomic E-state index is 11.4. The molecule has 2 heterocycles.